The van der Waals surface area contributed by atoms with Crippen molar-refractivity contribution in [3.63, 3.8) is 0 Å². The Morgan fingerprint density at radius 1 is 1.21 bits per heavy atom. The van der Waals surface area contributed by atoms with E-state index in [0.29, 0.717) is 0 Å². The van der Waals surface area contributed by atoms with Gasteiger partial charge in [0.25, 0.3) is 0 Å². The molecule has 0 bridgehead atoms. The SMILES string of the molecule is CCN(CC)c1cccc(C)c1NC. The molecule has 2 nitrogen and oxygen atoms in total. The number of hydrogen-bond acceptors (Lipinski definition) is 2. The molecule has 0 aliphatic heterocycles. The van der Waals surface area contributed by atoms with Crippen LogP contribution in [-0.2, 0) is 0 Å². The average molecular weight is 192 g/mol. The molecule has 2 heteroatoms. The molecule has 1 N–H and O–H groups in total. The number of nitrogens with zero attached hydrogens (tertiary/aromatic N) is 1. The zero-order valence-electron chi connectivity index (χ0n) is 9.59. The summed E-state index contributed by atoms with van der Waals surface area (Å²) in [5.41, 5.74) is 3.85. The van der Waals surface area contributed by atoms with Crippen LogP contribution in [0.5, 0.6) is 0 Å². The molecule has 1 aromatic carbocycles. The van der Waals surface area contributed by atoms with Crippen molar-refractivity contribution in [1.29, 1.82) is 0 Å². The zero-order valence-corrected chi connectivity index (χ0v) is 9.59. The highest BCUT2D eigenvalue weighted by Crippen LogP contribution is 2.28. The third-order valence-corrected chi connectivity index (χ3v) is 2.60. The lowest BCUT2D eigenvalue weighted by atomic mass is 10.1. The maximum absolute atomic E-state index is 3.27. The van der Waals surface area contributed by atoms with Gasteiger partial charge in [-0.2, -0.15) is 0 Å². The first-order valence-corrected chi connectivity index (χ1v) is 5.26. The van der Waals surface area contributed by atoms with Crippen molar-refractivity contribution in [2.45, 2.75) is 20.8 Å². The van der Waals surface area contributed by atoms with Crippen LogP contribution in [0.4, 0.5) is 11.4 Å². The second-order valence-electron chi connectivity index (χ2n) is 3.39. The maximum Gasteiger partial charge on any atom is 0.0605 e. The van der Waals surface area contributed by atoms with E-state index in [1.165, 1.54) is 16.9 Å². The Bertz CT molecular complexity index is 290. The van der Waals surface area contributed by atoms with Crippen molar-refractivity contribution in [1.82, 2.24) is 0 Å². The van der Waals surface area contributed by atoms with Crippen LogP contribution in [0.1, 0.15) is 19.4 Å². The van der Waals surface area contributed by atoms with E-state index in [-0.39, 0.29) is 0 Å². The van der Waals surface area contributed by atoms with E-state index in [0.717, 1.165) is 13.1 Å². The van der Waals surface area contributed by atoms with Gasteiger partial charge in [0.2, 0.25) is 0 Å². The Morgan fingerprint density at radius 3 is 2.36 bits per heavy atom. The second-order valence-corrected chi connectivity index (χ2v) is 3.39. The highest BCUT2D eigenvalue weighted by atomic mass is 15.1. The minimum absolute atomic E-state index is 1.05. The lowest BCUT2D eigenvalue weighted by molar-refractivity contribution is 0.866. The summed E-state index contributed by atoms with van der Waals surface area (Å²) < 4.78 is 0. The molecule has 1 aromatic rings. The lowest BCUT2D eigenvalue weighted by Gasteiger charge is -2.24. The van der Waals surface area contributed by atoms with Crippen LogP contribution in [0.2, 0.25) is 0 Å². The maximum atomic E-state index is 3.27. The van der Waals surface area contributed by atoms with Gasteiger partial charge in [0.05, 0.1) is 11.4 Å². The van der Waals surface area contributed by atoms with Gasteiger partial charge in [-0.15, -0.1) is 0 Å². The van der Waals surface area contributed by atoms with E-state index in [9.17, 15) is 0 Å². The van der Waals surface area contributed by atoms with Crippen molar-refractivity contribution >= 4 is 11.4 Å². The fraction of sp³-hybridized carbons (Fsp3) is 0.500. The first kappa shape index (κ1) is 10.9. The third-order valence-electron chi connectivity index (χ3n) is 2.60. The molecule has 1 rings (SSSR count). The number of anilines is 2. The quantitative estimate of drug-likeness (QED) is 0.789. The zero-order chi connectivity index (χ0) is 10.6. The number of para-hydroxylation sites is 1. The van der Waals surface area contributed by atoms with Crippen molar-refractivity contribution in [2.24, 2.45) is 0 Å². The normalized spacial score (nSPS) is 10.0. The molecule has 0 aromatic heterocycles. The minimum atomic E-state index is 1.05. The summed E-state index contributed by atoms with van der Waals surface area (Å²) in [6, 6.07) is 6.43. The molecule has 0 aliphatic carbocycles. The van der Waals surface area contributed by atoms with E-state index in [4.69, 9.17) is 0 Å². The molecule has 78 valence electrons. The van der Waals surface area contributed by atoms with Crippen LogP contribution in [0.15, 0.2) is 18.2 Å². The fourth-order valence-electron chi connectivity index (χ4n) is 1.81. The van der Waals surface area contributed by atoms with E-state index in [1.54, 1.807) is 0 Å². The molecule has 0 saturated heterocycles. The summed E-state index contributed by atoms with van der Waals surface area (Å²) in [5, 5.41) is 3.27. The standard InChI is InChI=1S/C12H20N2/c1-5-14(6-2)11-9-7-8-10(3)12(11)13-4/h7-9,13H,5-6H2,1-4H3. The van der Waals surface area contributed by atoms with Crippen LogP contribution in [0, 0.1) is 6.92 Å². The Morgan fingerprint density at radius 2 is 1.86 bits per heavy atom. The first-order chi connectivity index (χ1) is 6.74. The Hall–Kier alpha value is -1.18. The molecule has 0 amide bonds. The van der Waals surface area contributed by atoms with Crippen molar-refractivity contribution in [3.8, 4) is 0 Å². The van der Waals surface area contributed by atoms with Crippen LogP contribution in [0.25, 0.3) is 0 Å². The lowest BCUT2D eigenvalue weighted by Crippen LogP contribution is -2.23. The Labute approximate surface area is 86.9 Å². The molecule has 0 heterocycles. The summed E-state index contributed by atoms with van der Waals surface area (Å²) in [7, 11) is 1.98. The molecule has 0 radical (unpaired) electrons. The fourth-order valence-corrected chi connectivity index (χ4v) is 1.81. The number of hydrogen-bond donors (Lipinski definition) is 1. The van der Waals surface area contributed by atoms with Crippen molar-refractivity contribution in [3.05, 3.63) is 23.8 Å². The number of benzene rings is 1. The van der Waals surface area contributed by atoms with Crippen LogP contribution in [0.3, 0.4) is 0 Å². The molecular weight excluding hydrogens is 172 g/mol. The van der Waals surface area contributed by atoms with Gasteiger partial charge in [-0.25, -0.2) is 0 Å². The summed E-state index contributed by atoms with van der Waals surface area (Å²) in [6.07, 6.45) is 0. The molecular formula is C12H20N2. The van der Waals surface area contributed by atoms with Gasteiger partial charge >= 0.3 is 0 Å². The molecule has 0 atom stereocenters. The van der Waals surface area contributed by atoms with Gasteiger partial charge in [0, 0.05) is 20.1 Å². The molecule has 0 aliphatic rings. The first-order valence-electron chi connectivity index (χ1n) is 5.26. The molecule has 0 spiro atoms. The van der Waals surface area contributed by atoms with Gasteiger partial charge in [-0.3, -0.25) is 0 Å². The molecule has 14 heavy (non-hydrogen) atoms. The topological polar surface area (TPSA) is 15.3 Å². The van der Waals surface area contributed by atoms with E-state index in [2.05, 4.69) is 49.2 Å². The Balaban J connectivity index is 3.11. The van der Waals surface area contributed by atoms with Gasteiger partial charge in [0.15, 0.2) is 0 Å². The Kier molecular flexibility index (Phi) is 3.81. The van der Waals surface area contributed by atoms with Crippen molar-refractivity contribution < 1.29 is 0 Å². The van der Waals surface area contributed by atoms with Crippen molar-refractivity contribution in [2.75, 3.05) is 30.4 Å². The smallest absolute Gasteiger partial charge is 0.0605 e. The van der Waals surface area contributed by atoms with Gasteiger partial charge in [0.1, 0.15) is 0 Å². The molecule has 0 unspecified atom stereocenters. The molecule has 0 fully saturated rings. The van der Waals surface area contributed by atoms with Gasteiger partial charge in [-0.05, 0) is 32.4 Å². The minimum Gasteiger partial charge on any atom is -0.386 e. The number of rotatable bonds is 4. The summed E-state index contributed by atoms with van der Waals surface area (Å²) in [4.78, 5) is 2.36. The van der Waals surface area contributed by atoms with E-state index in [1.807, 2.05) is 7.05 Å². The summed E-state index contributed by atoms with van der Waals surface area (Å²) in [5.74, 6) is 0. The predicted octanol–water partition coefficient (Wildman–Crippen LogP) is 2.88. The van der Waals surface area contributed by atoms with Gasteiger partial charge < -0.3 is 10.2 Å². The summed E-state index contributed by atoms with van der Waals surface area (Å²) >= 11 is 0. The largest absolute Gasteiger partial charge is 0.386 e. The van der Waals surface area contributed by atoms with Gasteiger partial charge in [-0.1, -0.05) is 12.1 Å². The average Bonchev–Trinajstić information content (AvgIpc) is 2.20. The summed E-state index contributed by atoms with van der Waals surface area (Å²) in [6.45, 7) is 8.61. The van der Waals surface area contributed by atoms with Crippen LogP contribution in [-0.4, -0.2) is 20.1 Å². The highest BCUT2D eigenvalue weighted by Gasteiger charge is 2.08. The van der Waals surface area contributed by atoms with Crippen LogP contribution >= 0.6 is 0 Å². The predicted molar refractivity (Wildman–Crippen MR) is 64.3 cm³/mol. The van der Waals surface area contributed by atoms with E-state index < -0.39 is 0 Å². The van der Waals surface area contributed by atoms with E-state index >= 15 is 0 Å². The van der Waals surface area contributed by atoms with Crippen LogP contribution < -0.4 is 10.2 Å². The third kappa shape index (κ3) is 2.00. The molecule has 0 saturated carbocycles. The number of nitrogens with one attached hydrogen (secondary N) is 1. The monoisotopic (exact) mass is 192 g/mol. The second kappa shape index (κ2) is 4.89. The highest BCUT2D eigenvalue weighted by molar-refractivity contribution is 5.73. The number of aryl methyl sites for hydroxylation is 1.